The lowest BCUT2D eigenvalue weighted by molar-refractivity contribution is -0.139. The summed E-state index contributed by atoms with van der Waals surface area (Å²) in [4.78, 5) is 28.8. The highest BCUT2D eigenvalue weighted by Crippen LogP contribution is 2.17. The van der Waals surface area contributed by atoms with Crippen LogP contribution in [0.2, 0.25) is 0 Å². The SMILES string of the molecule is O=C(N[C@H](Cc1cccc(OCc2ccccc2)c1)C(=O)O)c1cnc2ccccc2c1. The Balaban J connectivity index is 1.43. The average Bonchev–Trinajstić information content (AvgIpc) is 2.83. The molecule has 3 aromatic carbocycles. The lowest BCUT2D eigenvalue weighted by Crippen LogP contribution is -2.42. The number of aliphatic carboxylic acids is 1. The zero-order chi connectivity index (χ0) is 22.3. The minimum Gasteiger partial charge on any atom is -0.489 e. The van der Waals surface area contributed by atoms with Crippen LogP contribution in [0.1, 0.15) is 21.5 Å². The number of pyridine rings is 1. The average molecular weight is 426 g/mol. The summed E-state index contributed by atoms with van der Waals surface area (Å²) >= 11 is 0. The summed E-state index contributed by atoms with van der Waals surface area (Å²) in [5.74, 6) is -0.949. The number of carbonyl (C=O) groups is 2. The Morgan fingerprint density at radius 3 is 2.47 bits per heavy atom. The fourth-order valence-corrected chi connectivity index (χ4v) is 3.38. The zero-order valence-corrected chi connectivity index (χ0v) is 17.3. The van der Waals surface area contributed by atoms with Gasteiger partial charge in [-0.3, -0.25) is 9.78 Å². The summed E-state index contributed by atoms with van der Waals surface area (Å²) in [5.41, 5.74) is 2.87. The van der Waals surface area contributed by atoms with Crippen LogP contribution in [0.3, 0.4) is 0 Å². The number of nitrogens with one attached hydrogen (secondary N) is 1. The number of rotatable bonds is 8. The van der Waals surface area contributed by atoms with E-state index in [2.05, 4.69) is 10.3 Å². The molecule has 4 rings (SSSR count). The Bertz CT molecular complexity index is 1240. The molecule has 1 atom stereocenters. The molecular formula is C26H22N2O4. The molecule has 0 aliphatic heterocycles. The van der Waals surface area contributed by atoms with E-state index in [0.717, 1.165) is 22.0 Å². The minimum atomic E-state index is -1.11. The molecule has 32 heavy (non-hydrogen) atoms. The van der Waals surface area contributed by atoms with Gasteiger partial charge in [0.15, 0.2) is 0 Å². The maximum atomic E-state index is 12.7. The second kappa shape index (κ2) is 9.75. The first kappa shape index (κ1) is 21.1. The molecule has 1 aromatic heterocycles. The molecule has 2 N–H and O–H groups in total. The minimum absolute atomic E-state index is 0.130. The number of hydrogen-bond acceptors (Lipinski definition) is 4. The number of fused-ring (bicyclic) bond motifs is 1. The largest absolute Gasteiger partial charge is 0.489 e. The number of ether oxygens (including phenoxy) is 1. The first-order valence-electron chi connectivity index (χ1n) is 10.2. The third-order valence-electron chi connectivity index (χ3n) is 5.04. The van der Waals surface area contributed by atoms with Gasteiger partial charge in [0.25, 0.3) is 5.91 Å². The molecule has 160 valence electrons. The maximum absolute atomic E-state index is 12.7. The molecule has 0 radical (unpaired) electrons. The zero-order valence-electron chi connectivity index (χ0n) is 17.3. The summed E-state index contributed by atoms with van der Waals surface area (Å²) in [7, 11) is 0. The fourth-order valence-electron chi connectivity index (χ4n) is 3.38. The van der Waals surface area contributed by atoms with Gasteiger partial charge in [-0.05, 0) is 35.4 Å². The van der Waals surface area contributed by atoms with Crippen molar-refractivity contribution in [2.24, 2.45) is 0 Å². The van der Waals surface area contributed by atoms with Crippen molar-refractivity contribution in [3.05, 3.63) is 108 Å². The summed E-state index contributed by atoms with van der Waals surface area (Å²) in [6.07, 6.45) is 1.58. The van der Waals surface area contributed by atoms with Crippen molar-refractivity contribution in [3.63, 3.8) is 0 Å². The van der Waals surface area contributed by atoms with Crippen molar-refractivity contribution in [2.75, 3.05) is 0 Å². The molecule has 4 aromatic rings. The van der Waals surface area contributed by atoms with Crippen LogP contribution in [0.15, 0.2) is 91.1 Å². The Morgan fingerprint density at radius 1 is 0.906 bits per heavy atom. The number of carboxylic acid groups (broad SMARTS) is 1. The van der Waals surface area contributed by atoms with Crippen LogP contribution < -0.4 is 10.1 Å². The third kappa shape index (κ3) is 5.29. The molecule has 0 saturated carbocycles. The van der Waals surface area contributed by atoms with E-state index in [1.807, 2.05) is 72.8 Å². The van der Waals surface area contributed by atoms with E-state index in [0.29, 0.717) is 17.9 Å². The van der Waals surface area contributed by atoms with Gasteiger partial charge in [-0.25, -0.2) is 4.79 Å². The predicted molar refractivity (Wildman–Crippen MR) is 122 cm³/mol. The number of hydrogen-bond donors (Lipinski definition) is 2. The first-order valence-corrected chi connectivity index (χ1v) is 10.2. The van der Waals surface area contributed by atoms with Crippen molar-refractivity contribution in [1.82, 2.24) is 10.3 Å². The van der Waals surface area contributed by atoms with Gasteiger partial charge in [-0.15, -0.1) is 0 Å². The van der Waals surface area contributed by atoms with Crippen molar-refractivity contribution in [3.8, 4) is 5.75 Å². The monoisotopic (exact) mass is 426 g/mol. The number of aromatic nitrogens is 1. The Morgan fingerprint density at radius 2 is 1.66 bits per heavy atom. The highest BCUT2D eigenvalue weighted by molar-refractivity contribution is 5.99. The van der Waals surface area contributed by atoms with Crippen LogP contribution >= 0.6 is 0 Å². The van der Waals surface area contributed by atoms with E-state index >= 15 is 0 Å². The number of carboxylic acids is 1. The Hall–Kier alpha value is -4.19. The van der Waals surface area contributed by atoms with Crippen LogP contribution in [-0.4, -0.2) is 28.0 Å². The fraction of sp³-hybridized carbons (Fsp3) is 0.115. The van der Waals surface area contributed by atoms with Gasteiger partial charge >= 0.3 is 5.97 Å². The molecule has 0 aliphatic carbocycles. The van der Waals surface area contributed by atoms with Crippen molar-refractivity contribution >= 4 is 22.8 Å². The van der Waals surface area contributed by atoms with Crippen molar-refractivity contribution in [1.29, 1.82) is 0 Å². The quantitative estimate of drug-likeness (QED) is 0.440. The molecular weight excluding hydrogens is 404 g/mol. The molecule has 1 amide bonds. The van der Waals surface area contributed by atoms with Crippen molar-refractivity contribution in [2.45, 2.75) is 19.1 Å². The second-order valence-electron chi connectivity index (χ2n) is 7.41. The lowest BCUT2D eigenvalue weighted by Gasteiger charge is -2.15. The van der Waals surface area contributed by atoms with Gasteiger partial charge in [0, 0.05) is 18.0 Å². The molecule has 1 heterocycles. The van der Waals surface area contributed by atoms with Gasteiger partial charge in [0.1, 0.15) is 18.4 Å². The molecule has 0 unspecified atom stereocenters. The first-order chi connectivity index (χ1) is 15.6. The van der Waals surface area contributed by atoms with Crippen LogP contribution in [0.4, 0.5) is 0 Å². The van der Waals surface area contributed by atoms with Crippen LogP contribution in [0.25, 0.3) is 10.9 Å². The van der Waals surface area contributed by atoms with E-state index in [9.17, 15) is 14.7 Å². The smallest absolute Gasteiger partial charge is 0.326 e. The van der Waals surface area contributed by atoms with Crippen LogP contribution in [0, 0.1) is 0 Å². The number of benzene rings is 3. The second-order valence-corrected chi connectivity index (χ2v) is 7.41. The topological polar surface area (TPSA) is 88.5 Å². The van der Waals surface area contributed by atoms with Crippen LogP contribution in [0.5, 0.6) is 5.75 Å². The molecule has 0 bridgehead atoms. The van der Waals surface area contributed by atoms with Crippen molar-refractivity contribution < 1.29 is 19.4 Å². The van der Waals surface area contributed by atoms with E-state index < -0.39 is 17.9 Å². The number of para-hydroxylation sites is 1. The van der Waals surface area contributed by atoms with Gasteiger partial charge in [0.05, 0.1) is 11.1 Å². The van der Waals surface area contributed by atoms with Gasteiger partial charge in [-0.1, -0.05) is 60.7 Å². The van der Waals surface area contributed by atoms with Gasteiger partial charge in [0.2, 0.25) is 0 Å². The molecule has 0 aliphatic rings. The molecule has 6 nitrogen and oxygen atoms in total. The van der Waals surface area contributed by atoms with E-state index in [1.54, 1.807) is 12.1 Å². The molecule has 0 fully saturated rings. The molecule has 0 spiro atoms. The summed E-state index contributed by atoms with van der Waals surface area (Å²) in [6, 6.07) is 25.1. The summed E-state index contributed by atoms with van der Waals surface area (Å²) < 4.78 is 5.82. The Labute approximate surface area is 185 Å². The third-order valence-corrected chi connectivity index (χ3v) is 5.04. The van der Waals surface area contributed by atoms with Gasteiger partial charge < -0.3 is 15.2 Å². The van der Waals surface area contributed by atoms with Gasteiger partial charge in [-0.2, -0.15) is 0 Å². The summed E-state index contributed by atoms with van der Waals surface area (Å²) in [6.45, 7) is 0.415. The number of nitrogens with zero attached hydrogens (tertiary/aromatic N) is 1. The standard InChI is InChI=1S/C26H22N2O4/c29-25(21-15-20-10-4-5-12-23(20)27-16-21)28-24(26(30)31)14-19-9-6-11-22(13-19)32-17-18-7-2-1-3-8-18/h1-13,15-16,24H,14,17H2,(H,28,29)(H,30,31)/t24-/m1/s1. The van der Waals surface area contributed by atoms with E-state index in [4.69, 9.17) is 4.74 Å². The molecule has 0 saturated heterocycles. The van der Waals surface area contributed by atoms with E-state index in [1.165, 1.54) is 6.20 Å². The molecule has 6 heteroatoms. The maximum Gasteiger partial charge on any atom is 0.326 e. The van der Waals surface area contributed by atoms with Crippen LogP contribution in [-0.2, 0) is 17.8 Å². The lowest BCUT2D eigenvalue weighted by atomic mass is 10.0. The number of amides is 1. The summed E-state index contributed by atoms with van der Waals surface area (Å²) in [5, 5.41) is 13.1. The number of carbonyl (C=O) groups excluding carboxylic acids is 1. The highest BCUT2D eigenvalue weighted by Gasteiger charge is 2.22. The highest BCUT2D eigenvalue weighted by atomic mass is 16.5. The Kier molecular flexibility index (Phi) is 6.41. The predicted octanol–water partition coefficient (Wildman–Crippen LogP) is 4.24. The van der Waals surface area contributed by atoms with E-state index in [-0.39, 0.29) is 6.42 Å². The normalized spacial score (nSPS) is 11.6.